The van der Waals surface area contributed by atoms with Crippen LogP contribution in [0.4, 0.5) is 5.82 Å². The normalized spacial score (nSPS) is 14.8. The number of hydrogen-bond acceptors (Lipinski definition) is 6. The number of carbonyl (C=O) groups is 1. The molecule has 29 heavy (non-hydrogen) atoms. The van der Waals surface area contributed by atoms with Crippen LogP contribution in [0, 0.1) is 5.92 Å². The Labute approximate surface area is 166 Å². The van der Waals surface area contributed by atoms with Crippen molar-refractivity contribution in [3.8, 4) is 17.1 Å². The van der Waals surface area contributed by atoms with Crippen molar-refractivity contribution >= 4 is 22.8 Å². The molecule has 1 aromatic carbocycles. The third-order valence-corrected chi connectivity index (χ3v) is 5.19. The zero-order valence-electron chi connectivity index (χ0n) is 15.9. The molecule has 1 aliphatic rings. The van der Waals surface area contributed by atoms with Crippen LogP contribution in [0.1, 0.15) is 30.3 Å². The van der Waals surface area contributed by atoms with Gasteiger partial charge in [0.25, 0.3) is 11.9 Å². The lowest BCUT2D eigenvalue weighted by Crippen LogP contribution is -2.33. The molecule has 146 valence electrons. The highest BCUT2D eigenvalue weighted by Crippen LogP contribution is 2.32. The number of furan rings is 1. The van der Waals surface area contributed by atoms with Gasteiger partial charge in [0.2, 0.25) is 0 Å². The summed E-state index contributed by atoms with van der Waals surface area (Å²) in [6, 6.07) is 11.6. The predicted molar refractivity (Wildman–Crippen MR) is 108 cm³/mol. The van der Waals surface area contributed by atoms with Crippen LogP contribution in [0.25, 0.3) is 28.2 Å². The van der Waals surface area contributed by atoms with Crippen LogP contribution < -0.4 is 11.1 Å². The Morgan fingerprint density at radius 1 is 1.24 bits per heavy atom. The number of nitrogens with zero attached hydrogens (tertiary/aromatic N) is 4. The molecular weight excluding hydrogens is 368 g/mol. The Morgan fingerprint density at radius 2 is 2.03 bits per heavy atom. The molecule has 1 aliphatic carbocycles. The molecular formula is C21H20N6O2. The van der Waals surface area contributed by atoms with Gasteiger partial charge in [-0.3, -0.25) is 4.79 Å². The van der Waals surface area contributed by atoms with Gasteiger partial charge in [-0.2, -0.15) is 10.1 Å². The molecule has 3 heterocycles. The Kier molecular flexibility index (Phi) is 4.04. The van der Waals surface area contributed by atoms with Crippen molar-refractivity contribution < 1.29 is 9.21 Å². The van der Waals surface area contributed by atoms with E-state index < -0.39 is 0 Å². The number of rotatable bonds is 5. The maximum atomic E-state index is 12.5. The first-order chi connectivity index (χ1) is 14.1. The molecule has 0 spiro atoms. The number of aromatic nitrogens is 4. The van der Waals surface area contributed by atoms with Crippen molar-refractivity contribution in [3.05, 3.63) is 54.6 Å². The number of benzene rings is 1. The second-order valence-corrected chi connectivity index (χ2v) is 7.37. The second kappa shape index (κ2) is 6.73. The molecule has 4 aromatic rings. The molecule has 5 rings (SSSR count). The first-order valence-corrected chi connectivity index (χ1v) is 9.57. The minimum Gasteiger partial charge on any atom is -0.445 e. The molecule has 1 atom stereocenters. The summed E-state index contributed by atoms with van der Waals surface area (Å²) >= 11 is 0. The van der Waals surface area contributed by atoms with Crippen LogP contribution in [-0.2, 0) is 0 Å². The van der Waals surface area contributed by atoms with Gasteiger partial charge in [-0.25, -0.2) is 9.67 Å². The molecule has 0 aliphatic heterocycles. The quantitative estimate of drug-likeness (QED) is 0.543. The van der Waals surface area contributed by atoms with Crippen molar-refractivity contribution in [2.24, 2.45) is 5.92 Å². The van der Waals surface area contributed by atoms with E-state index >= 15 is 0 Å². The van der Waals surface area contributed by atoms with E-state index in [2.05, 4.69) is 20.4 Å². The van der Waals surface area contributed by atoms with Crippen LogP contribution in [-0.4, -0.2) is 31.7 Å². The van der Waals surface area contributed by atoms with E-state index in [1.807, 2.05) is 43.5 Å². The molecule has 0 saturated heterocycles. The molecule has 3 N–H and O–H groups in total. The Balaban J connectivity index is 1.45. The van der Waals surface area contributed by atoms with E-state index in [-0.39, 0.29) is 23.5 Å². The highest BCUT2D eigenvalue weighted by Gasteiger charge is 2.30. The summed E-state index contributed by atoms with van der Waals surface area (Å²) in [4.78, 5) is 21.2. The topological polar surface area (TPSA) is 112 Å². The summed E-state index contributed by atoms with van der Waals surface area (Å²) in [5.41, 5.74) is 8.81. The number of nitrogens with one attached hydrogen (secondary N) is 1. The van der Waals surface area contributed by atoms with E-state index in [0.29, 0.717) is 23.0 Å². The Hall–Kier alpha value is -3.68. The number of nitrogen functional groups attached to an aromatic ring is 1. The zero-order chi connectivity index (χ0) is 20.0. The summed E-state index contributed by atoms with van der Waals surface area (Å²) in [5, 5.41) is 7.31. The number of anilines is 1. The molecule has 1 amide bonds. The average Bonchev–Trinajstić information content (AvgIpc) is 3.29. The van der Waals surface area contributed by atoms with E-state index in [1.165, 1.54) is 0 Å². The maximum Gasteiger partial charge on any atom is 0.287 e. The lowest BCUT2D eigenvalue weighted by Gasteiger charge is -2.10. The standard InChI is InChI=1S/C21H20N6O2/c1-12(13-7-8-13)24-20(28)17-9-16-18(29-17)19(22)26-21(25-16)27-11-15(10-23-27)14-5-3-2-4-6-14/h2-6,9-13H,7-8H2,1H3,(H,24,28)(H2,22,25,26)/t12-/m0/s1. The van der Waals surface area contributed by atoms with Gasteiger partial charge in [-0.1, -0.05) is 30.3 Å². The zero-order valence-corrected chi connectivity index (χ0v) is 15.9. The van der Waals surface area contributed by atoms with Gasteiger partial charge in [-0.15, -0.1) is 0 Å². The van der Waals surface area contributed by atoms with Gasteiger partial charge in [0.15, 0.2) is 17.2 Å². The minimum atomic E-state index is -0.270. The molecule has 3 aromatic heterocycles. The van der Waals surface area contributed by atoms with E-state index in [0.717, 1.165) is 24.0 Å². The lowest BCUT2D eigenvalue weighted by atomic mass is 10.1. The highest BCUT2D eigenvalue weighted by molar-refractivity contribution is 5.97. The van der Waals surface area contributed by atoms with Gasteiger partial charge >= 0.3 is 0 Å². The number of carbonyl (C=O) groups excluding carboxylic acids is 1. The van der Waals surface area contributed by atoms with Gasteiger partial charge in [0.1, 0.15) is 5.52 Å². The van der Waals surface area contributed by atoms with Crippen molar-refractivity contribution in [1.82, 2.24) is 25.1 Å². The predicted octanol–water partition coefficient (Wildman–Crippen LogP) is 3.19. The first kappa shape index (κ1) is 17.4. The minimum absolute atomic E-state index is 0.121. The molecule has 1 saturated carbocycles. The van der Waals surface area contributed by atoms with Crippen molar-refractivity contribution in [2.45, 2.75) is 25.8 Å². The third kappa shape index (κ3) is 3.33. The van der Waals surface area contributed by atoms with Crippen LogP contribution in [0.2, 0.25) is 0 Å². The first-order valence-electron chi connectivity index (χ1n) is 9.57. The van der Waals surface area contributed by atoms with Crippen molar-refractivity contribution in [3.63, 3.8) is 0 Å². The lowest BCUT2D eigenvalue weighted by molar-refractivity contribution is 0.0910. The van der Waals surface area contributed by atoms with E-state index in [1.54, 1.807) is 16.9 Å². The fourth-order valence-corrected chi connectivity index (χ4v) is 3.36. The number of hydrogen-bond donors (Lipinski definition) is 2. The molecule has 1 fully saturated rings. The summed E-state index contributed by atoms with van der Waals surface area (Å²) in [6.07, 6.45) is 5.88. The van der Waals surface area contributed by atoms with E-state index in [4.69, 9.17) is 10.2 Å². The fraction of sp³-hybridized carbons (Fsp3) is 0.238. The Bertz CT molecular complexity index is 1190. The smallest absolute Gasteiger partial charge is 0.287 e. The summed E-state index contributed by atoms with van der Waals surface area (Å²) in [7, 11) is 0. The molecule has 8 heteroatoms. The van der Waals surface area contributed by atoms with Crippen LogP contribution in [0.15, 0.2) is 53.2 Å². The molecule has 8 nitrogen and oxygen atoms in total. The molecule has 0 bridgehead atoms. The maximum absolute atomic E-state index is 12.5. The van der Waals surface area contributed by atoms with Crippen LogP contribution in [0.5, 0.6) is 0 Å². The summed E-state index contributed by atoms with van der Waals surface area (Å²) < 4.78 is 7.19. The molecule has 0 radical (unpaired) electrons. The van der Waals surface area contributed by atoms with Crippen LogP contribution in [0.3, 0.4) is 0 Å². The Morgan fingerprint density at radius 3 is 2.79 bits per heavy atom. The van der Waals surface area contributed by atoms with Gasteiger partial charge < -0.3 is 15.5 Å². The van der Waals surface area contributed by atoms with Gasteiger partial charge in [-0.05, 0) is 31.2 Å². The van der Waals surface area contributed by atoms with Gasteiger partial charge in [0.05, 0.1) is 6.20 Å². The SMILES string of the molecule is C[C@H](NC(=O)c1cc2nc(-n3cc(-c4ccccc4)cn3)nc(N)c2o1)C1CC1. The van der Waals surface area contributed by atoms with Crippen molar-refractivity contribution in [2.75, 3.05) is 5.73 Å². The fourth-order valence-electron chi connectivity index (χ4n) is 3.36. The largest absolute Gasteiger partial charge is 0.445 e. The number of amides is 1. The number of nitrogens with two attached hydrogens (primary N) is 1. The monoisotopic (exact) mass is 388 g/mol. The van der Waals surface area contributed by atoms with E-state index in [9.17, 15) is 4.79 Å². The second-order valence-electron chi connectivity index (χ2n) is 7.37. The van der Waals surface area contributed by atoms with Crippen molar-refractivity contribution in [1.29, 1.82) is 0 Å². The van der Waals surface area contributed by atoms with Gasteiger partial charge in [0, 0.05) is 23.9 Å². The average molecular weight is 388 g/mol. The molecule has 0 unspecified atom stereocenters. The third-order valence-electron chi connectivity index (χ3n) is 5.19. The highest BCUT2D eigenvalue weighted by atomic mass is 16.3. The number of fused-ring (bicyclic) bond motifs is 1. The summed E-state index contributed by atoms with van der Waals surface area (Å²) in [6.45, 7) is 2.01. The van der Waals surface area contributed by atoms with Crippen LogP contribution >= 0.6 is 0 Å². The summed E-state index contributed by atoms with van der Waals surface area (Å²) in [5.74, 6) is 0.940.